The van der Waals surface area contributed by atoms with Crippen LogP contribution in [-0.2, 0) is 20.9 Å². The van der Waals surface area contributed by atoms with E-state index in [2.05, 4.69) is 10.3 Å². The van der Waals surface area contributed by atoms with Gasteiger partial charge in [-0.2, -0.15) is 0 Å². The number of hydrogen-bond donors (Lipinski definition) is 1. The Morgan fingerprint density at radius 1 is 1.16 bits per heavy atom. The number of nitrogens with one attached hydrogen (secondary N) is 1. The smallest absolute Gasteiger partial charge is 0.317 e. The number of carbonyl (C=O) groups excluding carboxylic acids is 3. The van der Waals surface area contributed by atoms with Crippen molar-refractivity contribution in [1.82, 2.24) is 15.1 Å². The van der Waals surface area contributed by atoms with Crippen LogP contribution in [0.3, 0.4) is 0 Å². The van der Waals surface area contributed by atoms with Gasteiger partial charge in [-0.05, 0) is 52.3 Å². The van der Waals surface area contributed by atoms with Gasteiger partial charge in [0.1, 0.15) is 11.8 Å². The number of aliphatic imine (C=N–C) groups is 1. The molecule has 1 aliphatic rings. The van der Waals surface area contributed by atoms with E-state index in [4.69, 9.17) is 4.74 Å². The van der Waals surface area contributed by atoms with Crippen molar-refractivity contribution in [2.24, 2.45) is 4.99 Å². The topological polar surface area (TPSA) is 91.3 Å². The molecule has 0 aliphatic carbocycles. The number of amides is 3. The van der Waals surface area contributed by atoms with Gasteiger partial charge in [0.2, 0.25) is 5.91 Å². The minimum atomic E-state index is -0.843. The van der Waals surface area contributed by atoms with E-state index in [1.54, 1.807) is 26.2 Å². The Morgan fingerprint density at radius 3 is 2.23 bits per heavy atom. The van der Waals surface area contributed by atoms with Crippen LogP contribution in [0.4, 0.5) is 0 Å². The highest BCUT2D eigenvalue weighted by atomic mass is 16.5. The van der Waals surface area contributed by atoms with Crippen LogP contribution in [0.25, 0.3) is 0 Å². The van der Waals surface area contributed by atoms with Gasteiger partial charge in [0, 0.05) is 18.6 Å². The predicted octanol–water partition coefficient (Wildman–Crippen LogP) is 2.61. The first-order chi connectivity index (χ1) is 14.6. The normalized spacial score (nSPS) is 19.2. The van der Waals surface area contributed by atoms with Gasteiger partial charge in [-0.25, -0.2) is 0 Å². The summed E-state index contributed by atoms with van der Waals surface area (Å²) in [7, 11) is 1.57. The number of rotatable bonds is 6. The van der Waals surface area contributed by atoms with Crippen molar-refractivity contribution in [1.29, 1.82) is 0 Å². The summed E-state index contributed by atoms with van der Waals surface area (Å²) in [4.78, 5) is 45.4. The average Bonchev–Trinajstić information content (AvgIpc) is 2.72. The van der Waals surface area contributed by atoms with Crippen molar-refractivity contribution < 1.29 is 19.1 Å². The molecule has 172 valence electrons. The first kappa shape index (κ1) is 26.1. The lowest BCUT2D eigenvalue weighted by atomic mass is 9.98. The van der Waals surface area contributed by atoms with Crippen LogP contribution in [0.2, 0.25) is 0 Å². The summed E-state index contributed by atoms with van der Waals surface area (Å²) in [6.07, 6.45) is 1.35. The molecule has 1 N–H and O–H groups in total. The lowest BCUT2D eigenvalue weighted by Crippen LogP contribution is -2.68. The molecule has 1 saturated heterocycles. The molecule has 2 unspecified atom stereocenters. The van der Waals surface area contributed by atoms with Crippen LogP contribution in [0.15, 0.2) is 29.3 Å². The fourth-order valence-electron chi connectivity index (χ4n) is 3.19. The molecule has 8 heteroatoms. The van der Waals surface area contributed by atoms with Crippen LogP contribution in [0, 0.1) is 0 Å². The fourth-order valence-corrected chi connectivity index (χ4v) is 3.19. The molecule has 0 saturated carbocycles. The van der Waals surface area contributed by atoms with Crippen LogP contribution >= 0.6 is 0 Å². The highest BCUT2D eigenvalue weighted by Gasteiger charge is 2.47. The largest absolute Gasteiger partial charge is 0.497 e. The lowest BCUT2D eigenvalue weighted by Gasteiger charge is -2.43. The number of benzene rings is 1. The Hall–Kier alpha value is -2.90. The van der Waals surface area contributed by atoms with Crippen molar-refractivity contribution >= 4 is 24.1 Å². The minimum Gasteiger partial charge on any atom is -0.497 e. The second kappa shape index (κ2) is 11.5. The van der Waals surface area contributed by atoms with E-state index in [-0.39, 0.29) is 12.5 Å². The zero-order valence-corrected chi connectivity index (χ0v) is 19.9. The molecular formula is C23H36N4O4. The molecule has 0 radical (unpaired) electrons. The molecule has 1 aliphatic heterocycles. The van der Waals surface area contributed by atoms with E-state index >= 15 is 0 Å². The third kappa shape index (κ3) is 6.80. The van der Waals surface area contributed by atoms with E-state index in [1.165, 1.54) is 16.1 Å². The lowest BCUT2D eigenvalue weighted by molar-refractivity contribution is -0.162. The molecule has 31 heavy (non-hydrogen) atoms. The standard InChI is InChI=1S/C21H30N4O4.C2H6/c1-7-22-13-25-14(2)17(18(26)23-21(3,4)5)24(19(27)20(25)28)12-15-8-10-16(29-6)11-9-15;1-2/h8-11,13-14,17H,7,12H2,1-6H3,(H,23,26);1-2H3. The van der Waals surface area contributed by atoms with Crippen LogP contribution in [-0.4, -0.2) is 65.1 Å². The van der Waals surface area contributed by atoms with E-state index in [9.17, 15) is 14.4 Å². The number of ether oxygens (including phenoxy) is 1. The average molecular weight is 433 g/mol. The Kier molecular flexibility index (Phi) is 9.68. The van der Waals surface area contributed by atoms with E-state index in [0.717, 1.165) is 5.56 Å². The van der Waals surface area contributed by atoms with E-state index in [0.29, 0.717) is 12.3 Å². The molecule has 0 spiro atoms. The van der Waals surface area contributed by atoms with Gasteiger partial charge in [-0.3, -0.25) is 24.3 Å². The van der Waals surface area contributed by atoms with Crippen molar-refractivity contribution in [2.75, 3.05) is 13.7 Å². The van der Waals surface area contributed by atoms with Crippen LogP contribution in [0.1, 0.15) is 54.0 Å². The Labute approximate surface area is 185 Å². The van der Waals surface area contributed by atoms with Crippen LogP contribution < -0.4 is 10.1 Å². The monoisotopic (exact) mass is 432 g/mol. The highest BCUT2D eigenvalue weighted by Crippen LogP contribution is 2.23. The van der Waals surface area contributed by atoms with Crippen molar-refractivity contribution in [3.63, 3.8) is 0 Å². The number of carbonyl (C=O) groups is 3. The van der Waals surface area contributed by atoms with Gasteiger partial charge in [-0.15, -0.1) is 0 Å². The zero-order chi connectivity index (χ0) is 23.8. The maximum atomic E-state index is 13.1. The molecule has 1 heterocycles. The summed E-state index contributed by atoms with van der Waals surface area (Å²) in [6, 6.07) is 5.77. The molecule has 2 rings (SSSR count). The third-order valence-corrected chi connectivity index (χ3v) is 4.58. The van der Waals surface area contributed by atoms with Crippen molar-refractivity contribution in [2.45, 2.75) is 72.6 Å². The summed E-state index contributed by atoms with van der Waals surface area (Å²) in [5.74, 6) is -1.04. The minimum absolute atomic E-state index is 0.139. The quantitative estimate of drug-likeness (QED) is 0.425. The summed E-state index contributed by atoms with van der Waals surface area (Å²) >= 11 is 0. The summed E-state index contributed by atoms with van der Waals surface area (Å²) < 4.78 is 5.16. The van der Waals surface area contributed by atoms with Crippen molar-refractivity contribution in [3.05, 3.63) is 29.8 Å². The second-order valence-electron chi connectivity index (χ2n) is 8.03. The molecule has 8 nitrogen and oxygen atoms in total. The molecule has 1 aromatic rings. The number of hydrogen-bond acceptors (Lipinski definition) is 5. The molecular weight excluding hydrogens is 396 g/mol. The molecule has 1 aromatic carbocycles. The van der Waals surface area contributed by atoms with Gasteiger partial charge in [0.25, 0.3) is 0 Å². The van der Waals surface area contributed by atoms with Crippen LogP contribution in [0.5, 0.6) is 5.75 Å². The first-order valence-corrected chi connectivity index (χ1v) is 10.7. The fraction of sp³-hybridized carbons (Fsp3) is 0.565. The molecule has 3 amide bonds. The summed E-state index contributed by atoms with van der Waals surface area (Å²) in [5, 5.41) is 2.93. The van der Waals surface area contributed by atoms with E-state index < -0.39 is 29.4 Å². The SMILES string of the molecule is CC.CCN=CN1C(=O)C(=O)N(Cc2ccc(OC)cc2)C(C(=O)NC(C)(C)C)C1C. The third-order valence-electron chi connectivity index (χ3n) is 4.58. The van der Waals surface area contributed by atoms with Gasteiger partial charge in [0.15, 0.2) is 0 Å². The number of nitrogens with zero attached hydrogens (tertiary/aromatic N) is 3. The molecule has 0 aromatic heterocycles. The molecule has 2 atom stereocenters. The molecule has 0 bridgehead atoms. The Balaban J connectivity index is 0.00000233. The zero-order valence-electron chi connectivity index (χ0n) is 19.9. The Bertz CT molecular complexity index is 784. The summed E-state index contributed by atoms with van der Waals surface area (Å²) in [5.41, 5.74) is 0.318. The summed E-state index contributed by atoms with van der Waals surface area (Å²) in [6.45, 7) is 13.8. The van der Waals surface area contributed by atoms with Crippen molar-refractivity contribution in [3.8, 4) is 5.75 Å². The second-order valence-corrected chi connectivity index (χ2v) is 8.03. The van der Waals surface area contributed by atoms with Gasteiger partial charge < -0.3 is 15.0 Å². The Morgan fingerprint density at radius 2 is 1.74 bits per heavy atom. The maximum absolute atomic E-state index is 13.1. The van der Waals surface area contributed by atoms with Gasteiger partial charge >= 0.3 is 11.8 Å². The van der Waals surface area contributed by atoms with E-state index in [1.807, 2.05) is 53.7 Å². The number of methoxy groups -OCH3 is 1. The predicted molar refractivity (Wildman–Crippen MR) is 122 cm³/mol. The highest BCUT2D eigenvalue weighted by molar-refractivity contribution is 6.38. The van der Waals surface area contributed by atoms with Gasteiger partial charge in [-0.1, -0.05) is 26.0 Å². The first-order valence-electron chi connectivity index (χ1n) is 10.7. The maximum Gasteiger partial charge on any atom is 0.317 e. The van der Waals surface area contributed by atoms with Gasteiger partial charge in [0.05, 0.1) is 19.5 Å². The molecule has 1 fully saturated rings. The number of piperazine rings is 1.